The second-order valence-corrected chi connectivity index (χ2v) is 4.75. The lowest BCUT2D eigenvalue weighted by molar-refractivity contribution is -0.123. The van der Waals surface area contributed by atoms with Crippen molar-refractivity contribution in [2.45, 2.75) is 12.3 Å². The van der Waals surface area contributed by atoms with Gasteiger partial charge in [-0.05, 0) is 35.4 Å². The maximum atomic E-state index is 11.8. The van der Waals surface area contributed by atoms with Crippen LogP contribution in [0.3, 0.4) is 0 Å². The highest BCUT2D eigenvalue weighted by Gasteiger charge is 2.43. The van der Waals surface area contributed by atoms with Gasteiger partial charge in [0.15, 0.2) is 0 Å². The standard InChI is InChI=1S/C14H16N2O2/c1-18-8-16-14(17)12-7-11(12)10-3-2-9-4-5-15-13(9)6-10/h2-6,11-12,15H,7-8H2,1H3,(H,16,17). The van der Waals surface area contributed by atoms with E-state index in [-0.39, 0.29) is 18.6 Å². The molecule has 94 valence electrons. The number of hydrogen-bond donors (Lipinski definition) is 2. The van der Waals surface area contributed by atoms with E-state index >= 15 is 0 Å². The summed E-state index contributed by atoms with van der Waals surface area (Å²) in [5.41, 5.74) is 2.37. The summed E-state index contributed by atoms with van der Waals surface area (Å²) < 4.78 is 4.84. The number of aromatic amines is 1. The molecule has 2 unspecified atom stereocenters. The van der Waals surface area contributed by atoms with Gasteiger partial charge in [0.05, 0.1) is 0 Å². The molecule has 1 saturated carbocycles. The zero-order chi connectivity index (χ0) is 12.5. The monoisotopic (exact) mass is 244 g/mol. The number of fused-ring (bicyclic) bond motifs is 1. The summed E-state index contributed by atoms with van der Waals surface area (Å²) >= 11 is 0. The summed E-state index contributed by atoms with van der Waals surface area (Å²) in [6.45, 7) is 0.289. The molecule has 18 heavy (non-hydrogen) atoms. The molecular formula is C14H16N2O2. The highest BCUT2D eigenvalue weighted by molar-refractivity contribution is 5.84. The van der Waals surface area contributed by atoms with E-state index in [4.69, 9.17) is 4.74 Å². The predicted molar refractivity (Wildman–Crippen MR) is 69.2 cm³/mol. The minimum absolute atomic E-state index is 0.0911. The number of rotatable bonds is 4. The van der Waals surface area contributed by atoms with Gasteiger partial charge in [-0.15, -0.1) is 0 Å². The molecule has 0 radical (unpaired) electrons. The van der Waals surface area contributed by atoms with E-state index in [9.17, 15) is 4.79 Å². The molecule has 0 bridgehead atoms. The molecular weight excluding hydrogens is 228 g/mol. The molecule has 1 aliphatic rings. The molecule has 2 aromatic rings. The van der Waals surface area contributed by atoms with Gasteiger partial charge in [-0.1, -0.05) is 12.1 Å². The van der Waals surface area contributed by atoms with Crippen LogP contribution in [0.2, 0.25) is 0 Å². The summed E-state index contributed by atoms with van der Waals surface area (Å²) in [6, 6.07) is 8.41. The number of nitrogens with one attached hydrogen (secondary N) is 2. The van der Waals surface area contributed by atoms with E-state index in [1.165, 1.54) is 10.9 Å². The Kier molecular flexibility index (Phi) is 2.80. The van der Waals surface area contributed by atoms with Gasteiger partial charge in [-0.3, -0.25) is 4.79 Å². The van der Waals surface area contributed by atoms with E-state index in [0.29, 0.717) is 5.92 Å². The normalized spacial score (nSPS) is 22.1. The van der Waals surface area contributed by atoms with Crippen LogP contribution in [0.1, 0.15) is 17.9 Å². The molecule has 1 heterocycles. The molecule has 0 saturated heterocycles. The van der Waals surface area contributed by atoms with Crippen molar-refractivity contribution < 1.29 is 9.53 Å². The van der Waals surface area contributed by atoms with Gasteiger partial charge in [0.2, 0.25) is 5.91 Å². The quantitative estimate of drug-likeness (QED) is 0.808. The van der Waals surface area contributed by atoms with Crippen molar-refractivity contribution in [3.8, 4) is 0 Å². The van der Waals surface area contributed by atoms with Crippen molar-refractivity contribution in [3.05, 3.63) is 36.0 Å². The lowest BCUT2D eigenvalue weighted by atomic mass is 10.1. The lowest BCUT2D eigenvalue weighted by Crippen LogP contribution is -2.27. The fraction of sp³-hybridized carbons (Fsp3) is 0.357. The molecule has 1 fully saturated rings. The van der Waals surface area contributed by atoms with Gasteiger partial charge in [-0.25, -0.2) is 0 Å². The van der Waals surface area contributed by atoms with Crippen LogP contribution < -0.4 is 5.32 Å². The fourth-order valence-electron chi connectivity index (χ4n) is 2.42. The third-order valence-corrected chi connectivity index (χ3v) is 3.53. The molecule has 0 spiro atoms. The molecule has 1 aromatic heterocycles. The van der Waals surface area contributed by atoms with Gasteiger partial charge in [0.25, 0.3) is 0 Å². The SMILES string of the molecule is COCNC(=O)C1CC1c1ccc2cc[nH]c2c1. The van der Waals surface area contributed by atoms with Gasteiger partial charge < -0.3 is 15.0 Å². The van der Waals surface area contributed by atoms with Crippen LogP contribution in [0.15, 0.2) is 30.5 Å². The number of carbonyl (C=O) groups is 1. The van der Waals surface area contributed by atoms with Crippen molar-refractivity contribution in [3.63, 3.8) is 0 Å². The Morgan fingerprint density at radius 3 is 3.22 bits per heavy atom. The molecule has 0 aliphatic heterocycles. The average molecular weight is 244 g/mol. The second-order valence-electron chi connectivity index (χ2n) is 4.75. The summed E-state index contributed by atoms with van der Waals surface area (Å²) in [5, 5.41) is 3.97. The first-order valence-electron chi connectivity index (χ1n) is 6.13. The van der Waals surface area contributed by atoms with E-state index < -0.39 is 0 Å². The molecule has 1 aliphatic carbocycles. The zero-order valence-corrected chi connectivity index (χ0v) is 10.3. The number of benzene rings is 1. The topological polar surface area (TPSA) is 54.1 Å². The van der Waals surface area contributed by atoms with Gasteiger partial charge >= 0.3 is 0 Å². The van der Waals surface area contributed by atoms with E-state index in [0.717, 1.165) is 11.9 Å². The van der Waals surface area contributed by atoms with Gasteiger partial charge in [0, 0.05) is 24.7 Å². The Bertz CT molecular complexity index is 576. The number of methoxy groups -OCH3 is 1. The summed E-state index contributed by atoms with van der Waals surface area (Å²) in [5.74, 6) is 0.551. The van der Waals surface area contributed by atoms with E-state index in [1.807, 2.05) is 6.20 Å². The molecule has 2 N–H and O–H groups in total. The molecule has 2 atom stereocenters. The Balaban J connectivity index is 1.71. The van der Waals surface area contributed by atoms with E-state index in [2.05, 4.69) is 34.6 Å². The van der Waals surface area contributed by atoms with Crippen molar-refractivity contribution >= 4 is 16.8 Å². The zero-order valence-electron chi connectivity index (χ0n) is 10.3. The van der Waals surface area contributed by atoms with Crippen LogP contribution >= 0.6 is 0 Å². The number of amides is 1. The number of carbonyl (C=O) groups excluding carboxylic acids is 1. The van der Waals surface area contributed by atoms with Crippen molar-refractivity contribution in [2.24, 2.45) is 5.92 Å². The van der Waals surface area contributed by atoms with Crippen LogP contribution in [0.25, 0.3) is 10.9 Å². The van der Waals surface area contributed by atoms with Crippen LogP contribution in [-0.2, 0) is 9.53 Å². The highest BCUT2D eigenvalue weighted by Crippen LogP contribution is 2.47. The van der Waals surface area contributed by atoms with E-state index in [1.54, 1.807) is 7.11 Å². The number of hydrogen-bond acceptors (Lipinski definition) is 2. The minimum atomic E-state index is 0.0911. The molecule has 4 heteroatoms. The van der Waals surface area contributed by atoms with Crippen LogP contribution in [0.4, 0.5) is 0 Å². The first-order valence-corrected chi connectivity index (χ1v) is 6.13. The smallest absolute Gasteiger partial charge is 0.225 e. The molecule has 3 rings (SSSR count). The van der Waals surface area contributed by atoms with Crippen LogP contribution in [-0.4, -0.2) is 24.7 Å². The summed E-state index contributed by atoms with van der Waals surface area (Å²) in [7, 11) is 1.57. The largest absolute Gasteiger partial charge is 0.364 e. The Morgan fingerprint density at radius 1 is 1.50 bits per heavy atom. The minimum Gasteiger partial charge on any atom is -0.364 e. The summed E-state index contributed by atoms with van der Waals surface area (Å²) in [6.07, 6.45) is 2.87. The maximum absolute atomic E-state index is 11.8. The first-order chi connectivity index (χ1) is 8.79. The molecule has 1 amide bonds. The number of ether oxygens (including phenoxy) is 1. The van der Waals surface area contributed by atoms with Crippen LogP contribution in [0, 0.1) is 5.92 Å². The lowest BCUT2D eigenvalue weighted by Gasteiger charge is -2.03. The van der Waals surface area contributed by atoms with Crippen molar-refractivity contribution in [1.29, 1.82) is 0 Å². The Hall–Kier alpha value is -1.81. The number of H-pyrrole nitrogens is 1. The average Bonchev–Trinajstić information content (AvgIpc) is 3.06. The second kappa shape index (κ2) is 4.46. The third kappa shape index (κ3) is 1.99. The number of aromatic nitrogens is 1. The Labute approximate surface area is 105 Å². The summed E-state index contributed by atoms with van der Waals surface area (Å²) in [4.78, 5) is 15.0. The predicted octanol–water partition coefficient (Wildman–Crippen LogP) is 1.99. The first kappa shape index (κ1) is 11.3. The molecule has 4 nitrogen and oxygen atoms in total. The van der Waals surface area contributed by atoms with Crippen LogP contribution in [0.5, 0.6) is 0 Å². The maximum Gasteiger partial charge on any atom is 0.225 e. The van der Waals surface area contributed by atoms with Crippen molar-refractivity contribution in [1.82, 2.24) is 10.3 Å². The highest BCUT2D eigenvalue weighted by atomic mass is 16.5. The third-order valence-electron chi connectivity index (χ3n) is 3.53. The van der Waals surface area contributed by atoms with Gasteiger partial charge in [0.1, 0.15) is 6.73 Å². The molecule has 1 aromatic carbocycles. The van der Waals surface area contributed by atoms with Crippen molar-refractivity contribution in [2.75, 3.05) is 13.8 Å². The Morgan fingerprint density at radius 2 is 2.39 bits per heavy atom. The van der Waals surface area contributed by atoms with Gasteiger partial charge in [-0.2, -0.15) is 0 Å². The fourth-order valence-corrected chi connectivity index (χ4v) is 2.42.